The van der Waals surface area contributed by atoms with E-state index in [0.717, 1.165) is 62.8 Å². The molecule has 1 fully saturated rings. The molecule has 0 spiro atoms. The van der Waals surface area contributed by atoms with Crippen LogP contribution < -0.4 is 11.1 Å². The summed E-state index contributed by atoms with van der Waals surface area (Å²) in [5.41, 5.74) is 10.6. The number of dihydropyridines is 1. The number of morpholine rings is 1. The van der Waals surface area contributed by atoms with E-state index < -0.39 is 11.6 Å². The summed E-state index contributed by atoms with van der Waals surface area (Å²) >= 11 is 0. The molecular weight excluding hydrogens is 476 g/mol. The second-order valence-corrected chi connectivity index (χ2v) is 8.82. The van der Waals surface area contributed by atoms with Crippen molar-refractivity contribution >= 4 is 23.0 Å². The Labute approximate surface area is 213 Å². The van der Waals surface area contributed by atoms with Crippen LogP contribution in [0.3, 0.4) is 0 Å². The summed E-state index contributed by atoms with van der Waals surface area (Å²) in [6, 6.07) is 5.73. The molecule has 2 aromatic heterocycles. The van der Waals surface area contributed by atoms with E-state index in [1.54, 1.807) is 18.2 Å². The molecular formula is C27H27F2N7O. The van der Waals surface area contributed by atoms with E-state index in [9.17, 15) is 8.78 Å². The first kappa shape index (κ1) is 24.5. The molecule has 2 aliphatic heterocycles. The number of benzene rings is 1. The van der Waals surface area contributed by atoms with Crippen molar-refractivity contribution in [3.63, 3.8) is 0 Å². The Bertz CT molecular complexity index is 1400. The summed E-state index contributed by atoms with van der Waals surface area (Å²) in [6.45, 7) is 5.17. The number of hydrogen-bond donors (Lipinski definition) is 3. The summed E-state index contributed by atoms with van der Waals surface area (Å²) in [6.07, 6.45) is 11.7. The molecule has 10 heteroatoms. The van der Waals surface area contributed by atoms with Crippen molar-refractivity contribution in [1.29, 1.82) is 5.41 Å². The van der Waals surface area contributed by atoms with Crippen molar-refractivity contribution in [2.75, 3.05) is 38.6 Å². The Morgan fingerprint density at radius 3 is 2.65 bits per heavy atom. The molecule has 1 saturated heterocycles. The minimum absolute atomic E-state index is 0.00996. The summed E-state index contributed by atoms with van der Waals surface area (Å²) in [4.78, 5) is 6.24. The van der Waals surface area contributed by atoms with Gasteiger partial charge in [-0.1, -0.05) is 6.08 Å². The molecule has 190 valence electrons. The zero-order valence-corrected chi connectivity index (χ0v) is 20.1. The second-order valence-electron chi connectivity index (χ2n) is 8.82. The Hall–Kier alpha value is -4.15. The lowest BCUT2D eigenvalue weighted by Crippen LogP contribution is -2.38. The number of allylic oxidation sites excluding steroid dienone is 4. The van der Waals surface area contributed by atoms with Gasteiger partial charge in [-0.05, 0) is 29.8 Å². The summed E-state index contributed by atoms with van der Waals surface area (Å²) in [7, 11) is 0. The molecule has 0 aliphatic carbocycles. The molecule has 0 atom stereocenters. The second kappa shape index (κ2) is 10.9. The lowest BCUT2D eigenvalue weighted by atomic mass is 9.97. The van der Waals surface area contributed by atoms with Gasteiger partial charge in [-0.15, -0.1) is 0 Å². The van der Waals surface area contributed by atoms with Gasteiger partial charge in [-0.25, -0.2) is 8.78 Å². The molecule has 0 bridgehead atoms. The van der Waals surface area contributed by atoms with Gasteiger partial charge in [-0.3, -0.25) is 14.6 Å². The molecule has 37 heavy (non-hydrogen) atoms. The zero-order valence-electron chi connectivity index (χ0n) is 20.1. The first-order chi connectivity index (χ1) is 18.0. The number of aromatic nitrogens is 3. The average molecular weight is 504 g/mol. The molecule has 1 aromatic carbocycles. The van der Waals surface area contributed by atoms with Crippen LogP contribution in [0, 0.1) is 17.0 Å². The maximum atomic E-state index is 14.3. The molecule has 0 saturated carbocycles. The molecule has 0 radical (unpaired) electrons. The van der Waals surface area contributed by atoms with Gasteiger partial charge in [0.1, 0.15) is 11.5 Å². The third-order valence-electron chi connectivity index (χ3n) is 6.31. The van der Waals surface area contributed by atoms with Crippen LogP contribution >= 0.6 is 0 Å². The van der Waals surface area contributed by atoms with Gasteiger partial charge in [-0.2, -0.15) is 5.10 Å². The van der Waals surface area contributed by atoms with E-state index >= 15 is 0 Å². The molecule has 4 heterocycles. The lowest BCUT2D eigenvalue weighted by Gasteiger charge is -2.26. The van der Waals surface area contributed by atoms with Crippen molar-refractivity contribution < 1.29 is 13.5 Å². The first-order valence-corrected chi connectivity index (χ1v) is 11.9. The van der Waals surface area contributed by atoms with Crippen molar-refractivity contribution in [1.82, 2.24) is 25.0 Å². The van der Waals surface area contributed by atoms with Gasteiger partial charge in [0.2, 0.25) is 0 Å². The quantitative estimate of drug-likeness (QED) is 0.336. The fourth-order valence-electron chi connectivity index (χ4n) is 4.36. The highest BCUT2D eigenvalue weighted by Crippen LogP contribution is 2.29. The molecule has 3 aromatic rings. The number of halogens is 2. The number of pyridine rings is 1. The number of nitrogen functional groups attached to an aromatic ring is 1. The number of ether oxygens (including phenoxy) is 1. The number of rotatable bonds is 7. The molecule has 8 nitrogen and oxygen atoms in total. The zero-order chi connectivity index (χ0) is 25.8. The number of anilines is 1. The Morgan fingerprint density at radius 1 is 1.08 bits per heavy atom. The third kappa shape index (κ3) is 5.65. The highest BCUT2D eigenvalue weighted by atomic mass is 19.1. The summed E-state index contributed by atoms with van der Waals surface area (Å²) < 4.78 is 35.0. The van der Waals surface area contributed by atoms with E-state index in [0.29, 0.717) is 28.1 Å². The van der Waals surface area contributed by atoms with Gasteiger partial charge in [0.15, 0.2) is 5.82 Å². The van der Waals surface area contributed by atoms with Crippen LogP contribution in [0.25, 0.3) is 22.4 Å². The minimum Gasteiger partial charge on any atom is -0.399 e. The molecule has 4 N–H and O–H groups in total. The predicted octanol–water partition coefficient (Wildman–Crippen LogP) is 3.70. The Morgan fingerprint density at radius 2 is 1.92 bits per heavy atom. The van der Waals surface area contributed by atoms with E-state index in [1.165, 1.54) is 6.21 Å². The maximum Gasteiger partial charge on any atom is 0.152 e. The van der Waals surface area contributed by atoms with E-state index in [-0.39, 0.29) is 5.69 Å². The molecule has 0 unspecified atom stereocenters. The van der Waals surface area contributed by atoms with E-state index in [4.69, 9.17) is 15.9 Å². The van der Waals surface area contributed by atoms with Crippen LogP contribution in [-0.4, -0.2) is 58.7 Å². The number of nitrogens with one attached hydrogen (secondary N) is 2. The van der Waals surface area contributed by atoms with Crippen molar-refractivity contribution in [2.24, 2.45) is 0 Å². The summed E-state index contributed by atoms with van der Waals surface area (Å²) in [5.74, 6) is -1.54. The van der Waals surface area contributed by atoms with Crippen LogP contribution in [-0.2, 0) is 11.3 Å². The van der Waals surface area contributed by atoms with Gasteiger partial charge < -0.3 is 21.2 Å². The molecule has 0 amide bonds. The molecule has 5 rings (SSSR count). The highest BCUT2D eigenvalue weighted by Gasteiger charge is 2.15. The van der Waals surface area contributed by atoms with Crippen LogP contribution in [0.5, 0.6) is 0 Å². The Balaban J connectivity index is 1.33. The summed E-state index contributed by atoms with van der Waals surface area (Å²) in [5, 5.41) is 15.8. The largest absolute Gasteiger partial charge is 0.399 e. The standard InChI is InChI=1S/C27H27F2N7O/c28-22-12-25(29)27(33-16-22)20-9-19(10-23(31)11-20)24(13-30)26-2-1-18(14-32-26)21-15-34-36(17-21)4-3-35-5-7-37-8-6-35/h1-2,9-17,30,32H,3-8,31H2/b26-24+,30-13?. The first-order valence-electron chi connectivity index (χ1n) is 11.9. The van der Waals surface area contributed by atoms with Crippen LogP contribution in [0.4, 0.5) is 14.5 Å². The molecule has 2 aliphatic rings. The van der Waals surface area contributed by atoms with Crippen molar-refractivity contribution in [2.45, 2.75) is 6.54 Å². The van der Waals surface area contributed by atoms with Crippen LogP contribution in [0.2, 0.25) is 0 Å². The number of nitrogens with zero attached hydrogens (tertiary/aromatic N) is 4. The third-order valence-corrected chi connectivity index (χ3v) is 6.31. The van der Waals surface area contributed by atoms with E-state index in [2.05, 4.69) is 20.3 Å². The van der Waals surface area contributed by atoms with Crippen LogP contribution in [0.15, 0.2) is 66.9 Å². The SMILES string of the molecule is N=C/C(=C1/C=CC(c2cnn(CCN3CCOCC3)c2)=CN1)c1cc(N)cc(-c2ncc(F)cc2F)c1. The number of hydrogen-bond acceptors (Lipinski definition) is 7. The monoisotopic (exact) mass is 503 g/mol. The maximum absolute atomic E-state index is 14.3. The predicted molar refractivity (Wildman–Crippen MR) is 139 cm³/mol. The Kier molecular flexibility index (Phi) is 7.20. The number of nitrogens with two attached hydrogens (primary N) is 1. The van der Waals surface area contributed by atoms with Gasteiger partial charge >= 0.3 is 0 Å². The van der Waals surface area contributed by atoms with Crippen molar-refractivity contribution in [3.8, 4) is 11.3 Å². The fourth-order valence-corrected chi connectivity index (χ4v) is 4.36. The smallest absolute Gasteiger partial charge is 0.152 e. The normalized spacial score (nSPS) is 17.3. The topological polar surface area (TPSA) is 105 Å². The van der Waals surface area contributed by atoms with Gasteiger partial charge in [0, 0.05) is 78.0 Å². The fraction of sp³-hybridized carbons (Fsp3) is 0.222. The average Bonchev–Trinajstić information content (AvgIpc) is 3.38. The lowest BCUT2D eigenvalue weighted by molar-refractivity contribution is 0.0360. The highest BCUT2D eigenvalue weighted by molar-refractivity contribution is 6.11. The van der Waals surface area contributed by atoms with Gasteiger partial charge in [0.25, 0.3) is 0 Å². The van der Waals surface area contributed by atoms with Crippen LogP contribution in [0.1, 0.15) is 11.1 Å². The van der Waals surface area contributed by atoms with E-state index in [1.807, 2.05) is 35.4 Å². The minimum atomic E-state index is -0.783. The van der Waals surface area contributed by atoms with Gasteiger partial charge in [0.05, 0.1) is 32.2 Å². The van der Waals surface area contributed by atoms with Crippen molar-refractivity contribution in [3.05, 3.63) is 89.7 Å².